The molecule has 5 nitrogen and oxygen atoms in total. The molecule has 2 N–H and O–H groups in total. The number of thiazole rings is 1. The third-order valence-corrected chi connectivity index (χ3v) is 5.70. The van der Waals surface area contributed by atoms with Crippen LogP contribution in [0.2, 0.25) is 0 Å². The van der Waals surface area contributed by atoms with E-state index in [0.717, 1.165) is 41.8 Å². The fourth-order valence-corrected chi connectivity index (χ4v) is 3.77. The molecule has 29 heavy (non-hydrogen) atoms. The molecule has 156 valence electrons. The summed E-state index contributed by atoms with van der Waals surface area (Å²) in [5, 5.41) is 8.07. The maximum atomic E-state index is 5.41. The molecule has 0 bridgehead atoms. The second kappa shape index (κ2) is 12.0. The van der Waals surface area contributed by atoms with Crippen LogP contribution in [0.4, 0.5) is 0 Å². The van der Waals surface area contributed by atoms with E-state index in [1.165, 1.54) is 10.4 Å². The molecular weight excluding hydrogens is 495 g/mol. The summed E-state index contributed by atoms with van der Waals surface area (Å²) in [5.74, 6) is 1.78. The fourth-order valence-electron chi connectivity index (χ4n) is 2.85. The Balaban J connectivity index is 0.00000300. The fraction of sp³-hybridized carbons (Fsp3) is 0.364. The van der Waals surface area contributed by atoms with E-state index in [1.807, 2.05) is 18.2 Å². The van der Waals surface area contributed by atoms with Gasteiger partial charge >= 0.3 is 0 Å². The Morgan fingerprint density at radius 3 is 2.59 bits per heavy atom. The summed E-state index contributed by atoms with van der Waals surface area (Å²) in [6.07, 6.45) is 3.38. The Bertz CT molecular complexity index is 858. The van der Waals surface area contributed by atoms with E-state index in [1.54, 1.807) is 17.6 Å². The zero-order chi connectivity index (χ0) is 19.8. The van der Waals surface area contributed by atoms with E-state index >= 15 is 0 Å². The molecule has 1 aromatic carbocycles. The van der Waals surface area contributed by atoms with Gasteiger partial charge in [-0.05, 0) is 38.5 Å². The van der Waals surface area contributed by atoms with E-state index < -0.39 is 0 Å². The minimum absolute atomic E-state index is 0. The Labute approximate surface area is 194 Å². The average Bonchev–Trinajstić information content (AvgIpc) is 3.32. The third kappa shape index (κ3) is 7.47. The molecule has 3 rings (SSSR count). The van der Waals surface area contributed by atoms with E-state index in [4.69, 9.17) is 9.41 Å². The summed E-state index contributed by atoms with van der Waals surface area (Å²) in [6, 6.07) is 14.5. The highest BCUT2D eigenvalue weighted by atomic mass is 127. The number of benzene rings is 1. The standard InChI is InChI=1S/C22H28N4OS.HI/c1-16-18(3)28-21(25-16)12-14-24-22(23-13-11-20-10-7-15-27-20)26-17(2)19-8-5-4-6-9-19;/h4-10,15,17H,11-14H2,1-3H3,(H2,23,24,26);1H. The summed E-state index contributed by atoms with van der Waals surface area (Å²) >= 11 is 1.76. The molecule has 0 fully saturated rings. The van der Waals surface area contributed by atoms with Crippen LogP contribution in [0.25, 0.3) is 0 Å². The number of furan rings is 1. The second-order valence-electron chi connectivity index (χ2n) is 6.76. The Morgan fingerprint density at radius 2 is 1.93 bits per heavy atom. The first-order valence-corrected chi connectivity index (χ1v) is 10.5. The average molecular weight is 524 g/mol. The summed E-state index contributed by atoms with van der Waals surface area (Å²) in [7, 11) is 0. The van der Waals surface area contributed by atoms with Gasteiger partial charge in [0.25, 0.3) is 0 Å². The molecule has 7 heteroatoms. The van der Waals surface area contributed by atoms with Crippen molar-refractivity contribution < 1.29 is 4.42 Å². The molecule has 0 aliphatic heterocycles. The van der Waals surface area contributed by atoms with Crippen LogP contribution in [-0.4, -0.2) is 24.0 Å². The number of halogens is 1. The van der Waals surface area contributed by atoms with Gasteiger partial charge < -0.3 is 15.1 Å². The summed E-state index contributed by atoms with van der Waals surface area (Å²) in [4.78, 5) is 10.7. The van der Waals surface area contributed by atoms with E-state index in [9.17, 15) is 0 Å². The van der Waals surface area contributed by atoms with Crippen LogP contribution in [0.1, 0.15) is 39.9 Å². The number of nitrogens with one attached hydrogen (secondary N) is 2. The quantitative estimate of drug-likeness (QED) is 0.246. The molecule has 3 aromatic rings. The maximum Gasteiger partial charge on any atom is 0.191 e. The number of aromatic nitrogens is 1. The van der Waals surface area contributed by atoms with Crippen molar-refractivity contribution in [2.45, 2.75) is 39.7 Å². The van der Waals surface area contributed by atoms with Gasteiger partial charge in [-0.25, -0.2) is 4.98 Å². The molecule has 0 radical (unpaired) electrons. The van der Waals surface area contributed by atoms with Crippen LogP contribution in [-0.2, 0) is 12.8 Å². The van der Waals surface area contributed by atoms with Crippen molar-refractivity contribution >= 4 is 41.3 Å². The molecule has 2 aromatic heterocycles. The SMILES string of the molecule is Cc1nc(CCN=C(NCCc2ccco2)NC(C)c2ccccc2)sc1C.I. The first-order chi connectivity index (χ1) is 13.6. The van der Waals surface area contributed by atoms with Crippen LogP contribution in [0.15, 0.2) is 58.1 Å². The van der Waals surface area contributed by atoms with Gasteiger partial charge in [-0.3, -0.25) is 4.99 Å². The Morgan fingerprint density at radius 1 is 1.14 bits per heavy atom. The number of guanidine groups is 1. The molecule has 0 saturated heterocycles. The maximum absolute atomic E-state index is 5.41. The summed E-state index contributed by atoms with van der Waals surface area (Å²) in [5.41, 5.74) is 2.35. The Hall–Kier alpha value is -1.87. The van der Waals surface area contributed by atoms with Crippen LogP contribution in [0.5, 0.6) is 0 Å². The minimum Gasteiger partial charge on any atom is -0.469 e. The van der Waals surface area contributed by atoms with Crippen molar-refractivity contribution in [3.63, 3.8) is 0 Å². The van der Waals surface area contributed by atoms with Crippen molar-refractivity contribution in [1.29, 1.82) is 0 Å². The van der Waals surface area contributed by atoms with Crippen molar-refractivity contribution in [1.82, 2.24) is 15.6 Å². The second-order valence-corrected chi connectivity index (χ2v) is 8.05. The van der Waals surface area contributed by atoms with Gasteiger partial charge in [-0.15, -0.1) is 35.3 Å². The molecule has 0 amide bonds. The molecule has 0 saturated carbocycles. The predicted molar refractivity (Wildman–Crippen MR) is 131 cm³/mol. The smallest absolute Gasteiger partial charge is 0.191 e. The van der Waals surface area contributed by atoms with E-state index in [-0.39, 0.29) is 30.0 Å². The zero-order valence-corrected chi connectivity index (χ0v) is 20.3. The number of hydrogen-bond donors (Lipinski definition) is 2. The van der Waals surface area contributed by atoms with Gasteiger partial charge in [0.2, 0.25) is 0 Å². The highest BCUT2D eigenvalue weighted by Gasteiger charge is 2.09. The van der Waals surface area contributed by atoms with Gasteiger partial charge in [0.1, 0.15) is 5.76 Å². The van der Waals surface area contributed by atoms with Crippen molar-refractivity contribution in [2.75, 3.05) is 13.1 Å². The largest absolute Gasteiger partial charge is 0.469 e. The first-order valence-electron chi connectivity index (χ1n) is 9.67. The lowest BCUT2D eigenvalue weighted by Gasteiger charge is -2.18. The summed E-state index contributed by atoms with van der Waals surface area (Å²) in [6.45, 7) is 7.78. The van der Waals surface area contributed by atoms with Crippen molar-refractivity contribution in [3.8, 4) is 0 Å². The number of rotatable bonds is 8. The first kappa shape index (κ1) is 23.4. The number of hydrogen-bond acceptors (Lipinski definition) is 4. The lowest BCUT2D eigenvalue weighted by Crippen LogP contribution is -2.40. The van der Waals surface area contributed by atoms with E-state index in [2.05, 4.69) is 60.7 Å². The highest BCUT2D eigenvalue weighted by Crippen LogP contribution is 2.17. The highest BCUT2D eigenvalue weighted by molar-refractivity contribution is 14.0. The van der Waals surface area contributed by atoms with Gasteiger partial charge in [0, 0.05) is 30.8 Å². The molecule has 0 aliphatic rings. The molecule has 2 heterocycles. The van der Waals surface area contributed by atoms with Crippen LogP contribution < -0.4 is 10.6 Å². The molecule has 0 aliphatic carbocycles. The third-order valence-electron chi connectivity index (χ3n) is 4.57. The molecule has 1 atom stereocenters. The lowest BCUT2D eigenvalue weighted by molar-refractivity contribution is 0.506. The summed E-state index contributed by atoms with van der Waals surface area (Å²) < 4.78 is 5.41. The zero-order valence-electron chi connectivity index (χ0n) is 17.1. The van der Waals surface area contributed by atoms with Gasteiger partial charge in [0.05, 0.1) is 23.0 Å². The van der Waals surface area contributed by atoms with E-state index in [0.29, 0.717) is 6.54 Å². The topological polar surface area (TPSA) is 62.5 Å². The van der Waals surface area contributed by atoms with Gasteiger partial charge in [-0.1, -0.05) is 30.3 Å². The van der Waals surface area contributed by atoms with Gasteiger partial charge in [0.15, 0.2) is 5.96 Å². The van der Waals surface area contributed by atoms with Gasteiger partial charge in [-0.2, -0.15) is 0 Å². The van der Waals surface area contributed by atoms with Crippen LogP contribution in [0, 0.1) is 13.8 Å². The van der Waals surface area contributed by atoms with Crippen LogP contribution in [0.3, 0.4) is 0 Å². The van der Waals surface area contributed by atoms with Crippen molar-refractivity contribution in [2.24, 2.45) is 4.99 Å². The molecule has 0 spiro atoms. The molecular formula is C22H29IN4OS. The minimum atomic E-state index is 0. The van der Waals surface area contributed by atoms with Crippen LogP contribution >= 0.6 is 35.3 Å². The normalized spacial score (nSPS) is 12.3. The number of aliphatic imine (C=N–C) groups is 1. The predicted octanol–water partition coefficient (Wildman–Crippen LogP) is 5.05. The molecule has 1 unspecified atom stereocenters. The number of aryl methyl sites for hydroxylation is 2. The number of nitrogens with zero attached hydrogens (tertiary/aromatic N) is 2. The Kier molecular flexibility index (Phi) is 9.66. The monoisotopic (exact) mass is 524 g/mol. The van der Waals surface area contributed by atoms with Crippen molar-refractivity contribution in [3.05, 3.63) is 75.6 Å². The lowest BCUT2D eigenvalue weighted by atomic mass is 10.1.